The zero-order valence-electron chi connectivity index (χ0n) is 10.7. The second kappa shape index (κ2) is 5.10. The van der Waals surface area contributed by atoms with Crippen LogP contribution in [0.5, 0.6) is 0 Å². The van der Waals surface area contributed by atoms with Crippen LogP contribution < -0.4 is 0 Å². The molecule has 1 aliphatic carbocycles. The van der Waals surface area contributed by atoms with Crippen LogP contribution in [0, 0.1) is 0 Å². The van der Waals surface area contributed by atoms with E-state index >= 15 is 0 Å². The minimum absolute atomic E-state index is 0.181. The van der Waals surface area contributed by atoms with Crippen LogP contribution in [-0.2, 0) is 4.75 Å². The van der Waals surface area contributed by atoms with Gasteiger partial charge in [-0.15, -0.1) is 0 Å². The minimum Gasteiger partial charge on any atom is -0.163 e. The average Bonchev–Trinajstić information content (AvgIpc) is 2.50. The quantitative estimate of drug-likeness (QED) is 0.736. The molecule has 0 fully saturated rings. The molecule has 0 saturated heterocycles. The lowest BCUT2D eigenvalue weighted by atomic mass is 9.87. The molecule has 1 heteroatoms. The fourth-order valence-corrected chi connectivity index (χ4v) is 2.73. The van der Waals surface area contributed by atoms with Crippen LogP contribution in [0.2, 0.25) is 0 Å². The monoisotopic (exact) mass is 264 g/mol. The first-order valence-electron chi connectivity index (χ1n) is 6.51. The molecule has 2 aromatic carbocycles. The van der Waals surface area contributed by atoms with Crippen molar-refractivity contribution in [3.05, 3.63) is 90.0 Å². The van der Waals surface area contributed by atoms with E-state index in [9.17, 15) is 0 Å². The summed E-state index contributed by atoms with van der Waals surface area (Å²) in [5.41, 5.74) is 3.79. The van der Waals surface area contributed by atoms with Crippen molar-refractivity contribution in [2.45, 2.75) is 11.2 Å². The van der Waals surface area contributed by atoms with Gasteiger partial charge in [0.2, 0.25) is 0 Å². The predicted molar refractivity (Wildman–Crippen MR) is 85.3 cm³/mol. The molecule has 2 aromatic rings. The summed E-state index contributed by atoms with van der Waals surface area (Å²) in [4.78, 5) is 0. The fraction of sp³-hybridized carbons (Fsp3) is 0.111. The first-order chi connectivity index (χ1) is 9.28. The van der Waals surface area contributed by atoms with Crippen molar-refractivity contribution >= 4 is 18.2 Å². The number of rotatable bonds is 2. The van der Waals surface area contributed by atoms with Gasteiger partial charge in [0.05, 0.1) is 4.75 Å². The van der Waals surface area contributed by atoms with E-state index in [1.165, 1.54) is 16.7 Å². The Hall–Kier alpha value is -1.73. The molecule has 0 bridgehead atoms. The third-order valence-electron chi connectivity index (χ3n) is 3.55. The van der Waals surface area contributed by atoms with Crippen molar-refractivity contribution < 1.29 is 0 Å². The van der Waals surface area contributed by atoms with E-state index < -0.39 is 0 Å². The van der Waals surface area contributed by atoms with E-state index in [0.29, 0.717) is 0 Å². The van der Waals surface area contributed by atoms with Crippen LogP contribution in [0.3, 0.4) is 0 Å². The lowest BCUT2D eigenvalue weighted by Crippen LogP contribution is -2.16. The van der Waals surface area contributed by atoms with Crippen molar-refractivity contribution in [1.29, 1.82) is 0 Å². The molecule has 0 N–H and O–H groups in total. The predicted octanol–water partition coefficient (Wildman–Crippen LogP) is 4.86. The molecule has 0 saturated carbocycles. The molecule has 0 amide bonds. The Bertz CT molecular complexity index is 611. The summed E-state index contributed by atoms with van der Waals surface area (Å²) in [7, 11) is 0. The fourth-order valence-electron chi connectivity index (χ4n) is 2.41. The molecule has 0 aliphatic heterocycles. The van der Waals surface area contributed by atoms with E-state index in [1.54, 1.807) is 0 Å². The van der Waals surface area contributed by atoms with Crippen molar-refractivity contribution in [3.8, 4) is 0 Å². The maximum Gasteiger partial charge on any atom is 0.0595 e. The van der Waals surface area contributed by atoms with Gasteiger partial charge in [-0.1, -0.05) is 78.9 Å². The van der Waals surface area contributed by atoms with Gasteiger partial charge in [-0.25, -0.2) is 0 Å². The highest BCUT2D eigenvalue weighted by molar-refractivity contribution is 7.81. The third-order valence-corrected chi connectivity index (χ3v) is 4.14. The molecule has 19 heavy (non-hydrogen) atoms. The summed E-state index contributed by atoms with van der Waals surface area (Å²) >= 11 is 4.86. The van der Waals surface area contributed by atoms with Crippen molar-refractivity contribution in [2.75, 3.05) is 0 Å². The van der Waals surface area contributed by atoms with Crippen LogP contribution in [0.4, 0.5) is 0 Å². The number of allylic oxidation sites excluding steroid dienone is 3. The Morgan fingerprint density at radius 1 is 0.842 bits per heavy atom. The molecule has 0 radical (unpaired) electrons. The van der Waals surface area contributed by atoms with Gasteiger partial charge in [-0.05, 0) is 23.1 Å². The number of benzene rings is 2. The molecule has 0 heterocycles. The summed E-state index contributed by atoms with van der Waals surface area (Å²) in [6.45, 7) is 0. The zero-order chi connectivity index (χ0) is 13.1. The highest BCUT2D eigenvalue weighted by atomic mass is 32.1. The standard InChI is InChI=1S/C18H16S/c19-18(17-9-5-2-6-10-17)13-11-16(12-14-18)15-7-3-1-4-8-15/h1-13,19H,14H2. The normalized spacial score (nSPS) is 22.1. The summed E-state index contributed by atoms with van der Waals surface area (Å²) in [6.07, 6.45) is 7.57. The Morgan fingerprint density at radius 3 is 2.05 bits per heavy atom. The van der Waals surface area contributed by atoms with Gasteiger partial charge in [0.15, 0.2) is 0 Å². The molecule has 0 aromatic heterocycles. The van der Waals surface area contributed by atoms with Crippen LogP contribution in [0.1, 0.15) is 17.5 Å². The van der Waals surface area contributed by atoms with Gasteiger partial charge in [-0.2, -0.15) is 12.6 Å². The van der Waals surface area contributed by atoms with Crippen LogP contribution in [0.25, 0.3) is 5.57 Å². The molecule has 94 valence electrons. The second-order valence-corrected chi connectivity index (χ2v) is 5.65. The van der Waals surface area contributed by atoms with E-state index in [4.69, 9.17) is 12.6 Å². The third kappa shape index (κ3) is 2.52. The molecule has 0 spiro atoms. The SMILES string of the molecule is SC1(c2ccccc2)C=CC(c2ccccc2)=CC1. The lowest BCUT2D eigenvalue weighted by Gasteiger charge is -2.27. The van der Waals surface area contributed by atoms with Gasteiger partial charge >= 0.3 is 0 Å². The van der Waals surface area contributed by atoms with Crippen molar-refractivity contribution in [1.82, 2.24) is 0 Å². The highest BCUT2D eigenvalue weighted by Crippen LogP contribution is 2.39. The van der Waals surface area contributed by atoms with Crippen LogP contribution >= 0.6 is 12.6 Å². The van der Waals surface area contributed by atoms with Crippen molar-refractivity contribution in [2.24, 2.45) is 0 Å². The van der Waals surface area contributed by atoms with Gasteiger partial charge in [-0.3, -0.25) is 0 Å². The summed E-state index contributed by atoms with van der Waals surface area (Å²) in [6, 6.07) is 20.9. The van der Waals surface area contributed by atoms with Crippen molar-refractivity contribution in [3.63, 3.8) is 0 Å². The minimum atomic E-state index is -0.181. The molecule has 1 aliphatic rings. The number of hydrogen-bond acceptors (Lipinski definition) is 1. The first-order valence-corrected chi connectivity index (χ1v) is 6.95. The van der Waals surface area contributed by atoms with Gasteiger partial charge in [0, 0.05) is 0 Å². The molecular weight excluding hydrogens is 248 g/mol. The van der Waals surface area contributed by atoms with E-state index in [2.05, 4.69) is 66.8 Å². The average molecular weight is 264 g/mol. The lowest BCUT2D eigenvalue weighted by molar-refractivity contribution is 0.789. The Balaban J connectivity index is 1.87. The number of hydrogen-bond donors (Lipinski definition) is 1. The molecule has 3 rings (SSSR count). The molecular formula is C18H16S. The smallest absolute Gasteiger partial charge is 0.0595 e. The molecule has 1 unspecified atom stereocenters. The topological polar surface area (TPSA) is 0 Å². The first kappa shape index (κ1) is 12.3. The Labute approximate surface area is 119 Å². The van der Waals surface area contributed by atoms with Crippen LogP contribution in [-0.4, -0.2) is 0 Å². The van der Waals surface area contributed by atoms with Crippen LogP contribution in [0.15, 0.2) is 78.9 Å². The Kier molecular flexibility index (Phi) is 3.31. The largest absolute Gasteiger partial charge is 0.163 e. The highest BCUT2D eigenvalue weighted by Gasteiger charge is 2.25. The number of thiol groups is 1. The summed E-state index contributed by atoms with van der Waals surface area (Å²) in [5, 5.41) is 0. The molecule has 0 nitrogen and oxygen atoms in total. The van der Waals surface area contributed by atoms with E-state index in [0.717, 1.165) is 6.42 Å². The maximum absolute atomic E-state index is 4.86. The molecule has 1 atom stereocenters. The van der Waals surface area contributed by atoms with E-state index in [-0.39, 0.29) is 4.75 Å². The maximum atomic E-state index is 4.86. The van der Waals surface area contributed by atoms with E-state index in [1.807, 2.05) is 12.1 Å². The van der Waals surface area contributed by atoms with Gasteiger partial charge in [0.25, 0.3) is 0 Å². The zero-order valence-corrected chi connectivity index (χ0v) is 11.6. The summed E-state index contributed by atoms with van der Waals surface area (Å²) in [5.74, 6) is 0. The summed E-state index contributed by atoms with van der Waals surface area (Å²) < 4.78 is -0.181. The second-order valence-electron chi connectivity index (χ2n) is 4.85. The Morgan fingerprint density at radius 2 is 1.47 bits per heavy atom. The van der Waals surface area contributed by atoms with Gasteiger partial charge < -0.3 is 0 Å². The van der Waals surface area contributed by atoms with Gasteiger partial charge in [0.1, 0.15) is 0 Å².